The van der Waals surface area contributed by atoms with Crippen molar-refractivity contribution in [3.05, 3.63) is 48.1 Å². The third-order valence-corrected chi connectivity index (χ3v) is 2.91. The summed E-state index contributed by atoms with van der Waals surface area (Å²) >= 11 is 0. The Labute approximate surface area is 87.1 Å². The summed E-state index contributed by atoms with van der Waals surface area (Å²) in [5, 5.41) is 0. The molecule has 0 amide bonds. The van der Waals surface area contributed by atoms with E-state index in [0.29, 0.717) is 24.5 Å². The standard InChI is InChI=1S/C12H10FNO/c13-10-5-1-2-6-12(10)8-15-9-4-3-7-14-11(9)12/h2-7H,1,8H2/t12-/m0/s1. The van der Waals surface area contributed by atoms with Gasteiger partial charge in [0, 0.05) is 6.20 Å². The molecule has 1 atom stereocenters. The summed E-state index contributed by atoms with van der Waals surface area (Å²) in [4.78, 5) is 4.23. The van der Waals surface area contributed by atoms with E-state index in [1.54, 1.807) is 18.3 Å². The molecule has 76 valence electrons. The highest BCUT2D eigenvalue weighted by molar-refractivity contribution is 5.49. The van der Waals surface area contributed by atoms with Crippen LogP contribution in [0.15, 0.2) is 42.4 Å². The fourth-order valence-electron chi connectivity index (χ4n) is 2.11. The summed E-state index contributed by atoms with van der Waals surface area (Å²) in [6.45, 7) is 0.318. The number of rotatable bonds is 0. The zero-order valence-corrected chi connectivity index (χ0v) is 8.11. The van der Waals surface area contributed by atoms with E-state index < -0.39 is 5.41 Å². The molecule has 0 unspecified atom stereocenters. The van der Waals surface area contributed by atoms with E-state index in [-0.39, 0.29) is 5.83 Å². The highest BCUT2D eigenvalue weighted by Gasteiger charge is 2.44. The maximum atomic E-state index is 13.9. The van der Waals surface area contributed by atoms with E-state index in [9.17, 15) is 4.39 Å². The minimum Gasteiger partial charge on any atom is -0.490 e. The number of hydrogen-bond acceptors (Lipinski definition) is 2. The fraction of sp³-hybridized carbons (Fsp3) is 0.250. The first-order valence-corrected chi connectivity index (χ1v) is 4.95. The molecule has 1 spiro atoms. The first kappa shape index (κ1) is 8.65. The summed E-state index contributed by atoms with van der Waals surface area (Å²) in [6.07, 6.45) is 7.73. The van der Waals surface area contributed by atoms with Gasteiger partial charge in [-0.2, -0.15) is 0 Å². The average molecular weight is 203 g/mol. The molecule has 0 bridgehead atoms. The lowest BCUT2D eigenvalue weighted by atomic mass is 9.81. The lowest BCUT2D eigenvalue weighted by Crippen LogP contribution is -2.28. The van der Waals surface area contributed by atoms with Gasteiger partial charge in [-0.05, 0) is 24.6 Å². The highest BCUT2D eigenvalue weighted by atomic mass is 19.1. The van der Waals surface area contributed by atoms with Gasteiger partial charge in [0.1, 0.15) is 29.3 Å². The summed E-state index contributed by atoms with van der Waals surface area (Å²) in [7, 11) is 0. The van der Waals surface area contributed by atoms with Crippen LogP contribution in [0.4, 0.5) is 4.39 Å². The number of pyridine rings is 1. The molecule has 0 fully saturated rings. The van der Waals surface area contributed by atoms with Crippen molar-refractivity contribution in [1.29, 1.82) is 0 Å². The second kappa shape index (κ2) is 2.92. The van der Waals surface area contributed by atoms with Gasteiger partial charge in [-0.1, -0.05) is 12.2 Å². The SMILES string of the molecule is FC1=CCC=C[C@]12COc1cccnc12. The third-order valence-electron chi connectivity index (χ3n) is 2.91. The Balaban J connectivity index is 2.20. The Kier molecular flexibility index (Phi) is 1.69. The molecule has 1 aromatic heterocycles. The molecule has 1 aromatic rings. The number of ether oxygens (including phenoxy) is 1. The smallest absolute Gasteiger partial charge is 0.142 e. The van der Waals surface area contributed by atoms with E-state index in [4.69, 9.17) is 4.74 Å². The van der Waals surface area contributed by atoms with Crippen molar-refractivity contribution in [2.75, 3.05) is 6.61 Å². The Hall–Kier alpha value is -1.64. The largest absolute Gasteiger partial charge is 0.490 e. The van der Waals surface area contributed by atoms with Gasteiger partial charge in [0.25, 0.3) is 0 Å². The highest BCUT2D eigenvalue weighted by Crippen LogP contribution is 2.45. The topological polar surface area (TPSA) is 22.1 Å². The molecule has 0 N–H and O–H groups in total. The number of nitrogens with zero attached hydrogens (tertiary/aromatic N) is 1. The zero-order valence-electron chi connectivity index (χ0n) is 8.11. The van der Waals surface area contributed by atoms with Crippen LogP contribution in [0.25, 0.3) is 0 Å². The van der Waals surface area contributed by atoms with E-state index in [2.05, 4.69) is 4.98 Å². The van der Waals surface area contributed by atoms with Crippen molar-refractivity contribution in [3.8, 4) is 5.75 Å². The molecule has 1 aliphatic heterocycles. The Morgan fingerprint density at radius 2 is 2.40 bits per heavy atom. The van der Waals surface area contributed by atoms with Crippen molar-refractivity contribution in [1.82, 2.24) is 4.98 Å². The molecule has 1 aliphatic carbocycles. The monoisotopic (exact) mass is 203 g/mol. The number of aromatic nitrogens is 1. The quantitative estimate of drug-likeness (QED) is 0.604. The molecule has 3 rings (SSSR count). The van der Waals surface area contributed by atoms with Gasteiger partial charge < -0.3 is 4.74 Å². The van der Waals surface area contributed by atoms with Crippen LogP contribution in [-0.2, 0) is 5.41 Å². The zero-order chi connectivity index (χ0) is 10.3. The molecule has 0 radical (unpaired) electrons. The van der Waals surface area contributed by atoms with E-state index >= 15 is 0 Å². The van der Waals surface area contributed by atoms with Gasteiger partial charge in [0.2, 0.25) is 0 Å². The van der Waals surface area contributed by atoms with Crippen LogP contribution in [0.1, 0.15) is 12.1 Å². The van der Waals surface area contributed by atoms with E-state index in [1.807, 2.05) is 18.2 Å². The Bertz CT molecular complexity index is 466. The summed E-state index contributed by atoms with van der Waals surface area (Å²) in [5.74, 6) is 0.537. The van der Waals surface area contributed by atoms with Gasteiger partial charge in [-0.25, -0.2) is 4.39 Å². The van der Waals surface area contributed by atoms with Gasteiger partial charge in [-0.15, -0.1) is 0 Å². The fourth-order valence-corrected chi connectivity index (χ4v) is 2.11. The Morgan fingerprint density at radius 3 is 3.27 bits per heavy atom. The van der Waals surface area contributed by atoms with Gasteiger partial charge in [0.05, 0.1) is 0 Å². The normalized spacial score (nSPS) is 27.4. The minimum absolute atomic E-state index is 0.151. The summed E-state index contributed by atoms with van der Waals surface area (Å²) in [6, 6.07) is 3.62. The average Bonchev–Trinajstić information content (AvgIpc) is 2.64. The van der Waals surface area contributed by atoms with Crippen molar-refractivity contribution in [2.45, 2.75) is 11.8 Å². The molecule has 0 saturated carbocycles. The van der Waals surface area contributed by atoms with Gasteiger partial charge in [-0.3, -0.25) is 4.98 Å². The van der Waals surface area contributed by atoms with Crippen molar-refractivity contribution in [3.63, 3.8) is 0 Å². The first-order valence-electron chi connectivity index (χ1n) is 4.95. The van der Waals surface area contributed by atoms with Gasteiger partial charge in [0.15, 0.2) is 0 Å². The lowest BCUT2D eigenvalue weighted by molar-refractivity contribution is 0.292. The van der Waals surface area contributed by atoms with Crippen molar-refractivity contribution >= 4 is 0 Å². The number of fused-ring (bicyclic) bond motifs is 2. The van der Waals surface area contributed by atoms with E-state index in [0.717, 1.165) is 0 Å². The van der Waals surface area contributed by atoms with Gasteiger partial charge >= 0.3 is 0 Å². The number of halogens is 1. The maximum Gasteiger partial charge on any atom is 0.142 e. The molecule has 2 heterocycles. The first-order chi connectivity index (χ1) is 7.33. The molecule has 3 heteroatoms. The predicted octanol–water partition coefficient (Wildman–Crippen LogP) is 2.53. The van der Waals surface area contributed by atoms with E-state index in [1.165, 1.54) is 0 Å². The Morgan fingerprint density at radius 1 is 1.47 bits per heavy atom. The van der Waals surface area contributed by atoms with Crippen LogP contribution >= 0.6 is 0 Å². The molecule has 15 heavy (non-hydrogen) atoms. The molecule has 0 saturated heterocycles. The van der Waals surface area contributed by atoms with Crippen LogP contribution in [0.2, 0.25) is 0 Å². The number of hydrogen-bond donors (Lipinski definition) is 0. The van der Waals surface area contributed by atoms with Crippen molar-refractivity contribution < 1.29 is 9.13 Å². The molecular formula is C12H10FNO. The molecule has 2 nitrogen and oxygen atoms in total. The molecule has 2 aliphatic rings. The van der Waals surface area contributed by atoms with Crippen LogP contribution in [0, 0.1) is 0 Å². The summed E-state index contributed by atoms with van der Waals surface area (Å²) < 4.78 is 19.4. The predicted molar refractivity (Wildman–Crippen MR) is 54.4 cm³/mol. The van der Waals surface area contributed by atoms with Crippen molar-refractivity contribution in [2.24, 2.45) is 0 Å². The third kappa shape index (κ3) is 1.06. The van der Waals surface area contributed by atoms with Crippen LogP contribution in [0.3, 0.4) is 0 Å². The summed E-state index contributed by atoms with van der Waals surface area (Å²) in [5.41, 5.74) is -0.0656. The second-order valence-electron chi connectivity index (χ2n) is 3.80. The minimum atomic E-state index is -0.755. The molecule has 0 aromatic carbocycles. The lowest BCUT2D eigenvalue weighted by Gasteiger charge is -2.23. The maximum absolute atomic E-state index is 13.9. The van der Waals surface area contributed by atoms with Crippen LogP contribution in [-0.4, -0.2) is 11.6 Å². The van der Waals surface area contributed by atoms with Crippen LogP contribution < -0.4 is 4.74 Å². The second-order valence-corrected chi connectivity index (χ2v) is 3.80. The molecular weight excluding hydrogens is 193 g/mol. The van der Waals surface area contributed by atoms with Crippen LogP contribution in [0.5, 0.6) is 5.75 Å². The number of allylic oxidation sites excluding steroid dienone is 2.